The second kappa shape index (κ2) is 8.79. The summed E-state index contributed by atoms with van der Waals surface area (Å²) >= 11 is 1.64. The number of carbonyl (C=O) groups excluding carboxylic acids is 2. The van der Waals surface area contributed by atoms with Gasteiger partial charge in [0.1, 0.15) is 5.01 Å². The Kier molecular flexibility index (Phi) is 5.95. The van der Waals surface area contributed by atoms with Crippen molar-refractivity contribution in [2.75, 3.05) is 10.6 Å². The summed E-state index contributed by atoms with van der Waals surface area (Å²) < 4.78 is 0. The highest BCUT2D eigenvalue weighted by molar-refractivity contribution is 7.15. The molecule has 3 aromatic rings. The smallest absolute Gasteiger partial charge is 0.227 e. The van der Waals surface area contributed by atoms with Gasteiger partial charge in [-0.25, -0.2) is 4.98 Å². The van der Waals surface area contributed by atoms with Crippen LogP contribution in [0.1, 0.15) is 37.5 Å². The first kappa shape index (κ1) is 20.3. The zero-order chi connectivity index (χ0) is 21.1. The standard InChI is InChI=1S/C24H25N3O2S/c1-3-5-21(28)25-19-12-10-16(11-13-19)22-15(2)30-24(27-22)18-6-4-7-20(14-18)26-23(29)17-8-9-17/h4,6-7,10-14,17H,3,5,8-9H2,1-2H3,(H,25,28)(H,26,29). The summed E-state index contributed by atoms with van der Waals surface area (Å²) in [5.41, 5.74) is 4.55. The number of benzene rings is 2. The first-order chi connectivity index (χ1) is 14.5. The summed E-state index contributed by atoms with van der Waals surface area (Å²) in [5, 5.41) is 6.83. The number of rotatable bonds is 7. The van der Waals surface area contributed by atoms with Gasteiger partial charge in [0.25, 0.3) is 0 Å². The van der Waals surface area contributed by atoms with E-state index in [4.69, 9.17) is 4.98 Å². The van der Waals surface area contributed by atoms with Crippen LogP contribution in [-0.2, 0) is 9.59 Å². The van der Waals surface area contributed by atoms with E-state index in [-0.39, 0.29) is 17.7 Å². The van der Waals surface area contributed by atoms with E-state index < -0.39 is 0 Å². The molecule has 2 N–H and O–H groups in total. The third-order valence-electron chi connectivity index (χ3n) is 5.04. The molecular weight excluding hydrogens is 394 g/mol. The molecule has 4 rings (SSSR count). The first-order valence-electron chi connectivity index (χ1n) is 10.3. The van der Waals surface area contributed by atoms with Crippen molar-refractivity contribution in [3.8, 4) is 21.8 Å². The minimum Gasteiger partial charge on any atom is -0.326 e. The number of hydrogen-bond acceptors (Lipinski definition) is 4. The fourth-order valence-corrected chi connectivity index (χ4v) is 4.20. The van der Waals surface area contributed by atoms with E-state index in [2.05, 4.69) is 17.6 Å². The van der Waals surface area contributed by atoms with E-state index in [9.17, 15) is 9.59 Å². The predicted molar refractivity (Wildman–Crippen MR) is 123 cm³/mol. The number of amides is 2. The molecule has 6 heteroatoms. The van der Waals surface area contributed by atoms with Crippen molar-refractivity contribution in [2.45, 2.75) is 39.5 Å². The minimum atomic E-state index is 0.0334. The van der Waals surface area contributed by atoms with Gasteiger partial charge in [-0.3, -0.25) is 9.59 Å². The number of aryl methyl sites for hydroxylation is 1. The molecule has 0 saturated heterocycles. The fourth-order valence-electron chi connectivity index (χ4n) is 3.27. The summed E-state index contributed by atoms with van der Waals surface area (Å²) in [6, 6.07) is 15.7. The monoisotopic (exact) mass is 419 g/mol. The molecule has 0 bridgehead atoms. The third-order valence-corrected chi connectivity index (χ3v) is 6.06. The Morgan fingerprint density at radius 1 is 1.03 bits per heavy atom. The first-order valence-corrected chi connectivity index (χ1v) is 11.1. The van der Waals surface area contributed by atoms with Gasteiger partial charge in [0, 0.05) is 39.7 Å². The van der Waals surface area contributed by atoms with Gasteiger partial charge >= 0.3 is 0 Å². The lowest BCUT2D eigenvalue weighted by Crippen LogP contribution is -2.13. The molecule has 1 heterocycles. The van der Waals surface area contributed by atoms with Crippen LogP contribution in [0.4, 0.5) is 11.4 Å². The van der Waals surface area contributed by atoms with Crippen molar-refractivity contribution in [3.05, 3.63) is 53.4 Å². The number of aromatic nitrogens is 1. The number of carbonyl (C=O) groups is 2. The molecule has 1 aliphatic rings. The van der Waals surface area contributed by atoms with Crippen LogP contribution in [0.15, 0.2) is 48.5 Å². The van der Waals surface area contributed by atoms with Crippen LogP contribution in [0.3, 0.4) is 0 Å². The Morgan fingerprint density at radius 2 is 1.80 bits per heavy atom. The fraction of sp³-hybridized carbons (Fsp3) is 0.292. The van der Waals surface area contributed by atoms with E-state index in [1.165, 1.54) is 0 Å². The van der Waals surface area contributed by atoms with E-state index in [0.717, 1.165) is 57.3 Å². The molecule has 0 atom stereocenters. The van der Waals surface area contributed by atoms with E-state index in [1.807, 2.05) is 55.5 Å². The number of anilines is 2. The molecule has 2 aromatic carbocycles. The quantitative estimate of drug-likeness (QED) is 0.503. The number of nitrogens with one attached hydrogen (secondary N) is 2. The molecule has 0 radical (unpaired) electrons. The zero-order valence-corrected chi connectivity index (χ0v) is 18.0. The lowest BCUT2D eigenvalue weighted by Gasteiger charge is -2.06. The van der Waals surface area contributed by atoms with Gasteiger partial charge < -0.3 is 10.6 Å². The number of thiazole rings is 1. The van der Waals surface area contributed by atoms with E-state index >= 15 is 0 Å². The van der Waals surface area contributed by atoms with Gasteiger partial charge in [-0.05, 0) is 50.5 Å². The van der Waals surface area contributed by atoms with Gasteiger partial charge in [-0.2, -0.15) is 0 Å². The van der Waals surface area contributed by atoms with Crippen molar-refractivity contribution in [1.82, 2.24) is 4.98 Å². The highest BCUT2D eigenvalue weighted by Gasteiger charge is 2.29. The van der Waals surface area contributed by atoms with Crippen molar-refractivity contribution in [1.29, 1.82) is 0 Å². The molecule has 30 heavy (non-hydrogen) atoms. The van der Waals surface area contributed by atoms with Crippen molar-refractivity contribution in [2.24, 2.45) is 5.92 Å². The Morgan fingerprint density at radius 3 is 2.50 bits per heavy atom. The lowest BCUT2D eigenvalue weighted by atomic mass is 10.1. The Labute approximate surface area is 180 Å². The van der Waals surface area contributed by atoms with Crippen LogP contribution < -0.4 is 10.6 Å². The normalized spacial score (nSPS) is 13.1. The second-order valence-electron chi connectivity index (χ2n) is 7.64. The maximum absolute atomic E-state index is 12.0. The third kappa shape index (κ3) is 4.76. The summed E-state index contributed by atoms with van der Waals surface area (Å²) in [7, 11) is 0. The maximum Gasteiger partial charge on any atom is 0.227 e. The van der Waals surface area contributed by atoms with Crippen LogP contribution in [0.25, 0.3) is 21.8 Å². The average Bonchev–Trinajstić information content (AvgIpc) is 3.51. The maximum atomic E-state index is 12.0. The Balaban J connectivity index is 1.52. The number of hydrogen-bond donors (Lipinski definition) is 2. The largest absolute Gasteiger partial charge is 0.326 e. The highest BCUT2D eigenvalue weighted by Crippen LogP contribution is 2.35. The Bertz CT molecular complexity index is 1070. The molecule has 1 saturated carbocycles. The lowest BCUT2D eigenvalue weighted by molar-refractivity contribution is -0.117. The molecule has 2 amide bonds. The van der Waals surface area contributed by atoms with Crippen LogP contribution in [0.2, 0.25) is 0 Å². The highest BCUT2D eigenvalue weighted by atomic mass is 32.1. The van der Waals surface area contributed by atoms with E-state index in [1.54, 1.807) is 11.3 Å². The topological polar surface area (TPSA) is 71.1 Å². The zero-order valence-electron chi connectivity index (χ0n) is 17.2. The SMILES string of the molecule is CCCC(=O)Nc1ccc(-c2nc(-c3cccc(NC(=O)C4CC4)c3)sc2C)cc1. The van der Waals surface area contributed by atoms with Crippen LogP contribution in [-0.4, -0.2) is 16.8 Å². The molecular formula is C24H25N3O2S. The van der Waals surface area contributed by atoms with Crippen molar-refractivity contribution < 1.29 is 9.59 Å². The second-order valence-corrected chi connectivity index (χ2v) is 8.85. The minimum absolute atomic E-state index is 0.0334. The molecule has 0 aliphatic heterocycles. The number of nitrogens with zero attached hydrogens (tertiary/aromatic N) is 1. The molecule has 0 spiro atoms. The molecule has 5 nitrogen and oxygen atoms in total. The summed E-state index contributed by atoms with van der Waals surface area (Å²) in [6.45, 7) is 4.05. The summed E-state index contributed by atoms with van der Waals surface area (Å²) in [5.74, 6) is 0.317. The molecule has 1 aromatic heterocycles. The predicted octanol–water partition coefficient (Wildman–Crippen LogP) is 5.87. The molecule has 154 valence electrons. The van der Waals surface area contributed by atoms with Crippen molar-refractivity contribution in [3.63, 3.8) is 0 Å². The molecule has 0 unspecified atom stereocenters. The van der Waals surface area contributed by atoms with Gasteiger partial charge in [0.2, 0.25) is 11.8 Å². The van der Waals surface area contributed by atoms with Crippen LogP contribution in [0.5, 0.6) is 0 Å². The van der Waals surface area contributed by atoms with E-state index in [0.29, 0.717) is 6.42 Å². The van der Waals surface area contributed by atoms with Crippen LogP contribution >= 0.6 is 11.3 Å². The molecule has 1 fully saturated rings. The van der Waals surface area contributed by atoms with Crippen molar-refractivity contribution >= 4 is 34.5 Å². The average molecular weight is 420 g/mol. The molecule has 1 aliphatic carbocycles. The summed E-state index contributed by atoms with van der Waals surface area (Å²) in [4.78, 5) is 29.8. The van der Waals surface area contributed by atoms with Crippen LogP contribution in [0, 0.1) is 12.8 Å². The van der Waals surface area contributed by atoms with Gasteiger partial charge in [0.15, 0.2) is 0 Å². The Hall–Kier alpha value is -2.99. The van der Waals surface area contributed by atoms with Gasteiger partial charge in [-0.15, -0.1) is 11.3 Å². The summed E-state index contributed by atoms with van der Waals surface area (Å²) in [6.07, 6.45) is 3.33. The van der Waals surface area contributed by atoms with Gasteiger partial charge in [0.05, 0.1) is 5.69 Å². The van der Waals surface area contributed by atoms with Gasteiger partial charge in [-0.1, -0.05) is 31.2 Å².